The normalized spacial score (nSPS) is 12.7. The van der Waals surface area contributed by atoms with Crippen LogP contribution in [0.1, 0.15) is 50.8 Å². The molecule has 0 aliphatic rings. The zero-order valence-corrected chi connectivity index (χ0v) is 23.7. The number of nitrogens with zero attached hydrogens (tertiary/aromatic N) is 3. The van der Waals surface area contributed by atoms with Gasteiger partial charge in [-0.05, 0) is 40.7 Å². The van der Waals surface area contributed by atoms with E-state index in [0.29, 0.717) is 23.7 Å². The Hall–Kier alpha value is -3.98. The van der Waals surface area contributed by atoms with Crippen molar-refractivity contribution in [3.63, 3.8) is 0 Å². The highest BCUT2D eigenvalue weighted by Gasteiger charge is 2.39. The van der Waals surface area contributed by atoms with Gasteiger partial charge in [-0.15, -0.1) is 5.10 Å². The van der Waals surface area contributed by atoms with Crippen molar-refractivity contribution in [3.8, 4) is 17.2 Å². The predicted molar refractivity (Wildman–Crippen MR) is 140 cm³/mol. The van der Waals surface area contributed by atoms with Crippen LogP contribution in [-0.2, 0) is 17.9 Å². The Labute approximate surface area is 240 Å². The molecule has 42 heavy (non-hydrogen) atoms. The second-order valence-corrected chi connectivity index (χ2v) is 10.4. The summed E-state index contributed by atoms with van der Waals surface area (Å²) in [5.74, 6) is -5.76. The average molecular weight is 621 g/mol. The maximum absolute atomic E-state index is 15.3. The van der Waals surface area contributed by atoms with E-state index in [0.717, 1.165) is 16.7 Å². The van der Waals surface area contributed by atoms with Gasteiger partial charge in [0.1, 0.15) is 29.6 Å². The first-order valence-electron chi connectivity index (χ1n) is 12.3. The molecule has 0 fully saturated rings. The van der Waals surface area contributed by atoms with Crippen LogP contribution in [0.4, 0.5) is 27.6 Å². The highest BCUT2D eigenvalue weighted by molar-refractivity contribution is 6.34. The number of esters is 1. The highest BCUT2D eigenvalue weighted by atomic mass is 35.5. The Bertz CT molecular complexity index is 1560. The molecule has 0 aliphatic carbocycles. The zero-order valence-electron chi connectivity index (χ0n) is 22.9. The highest BCUT2D eigenvalue weighted by Crippen LogP contribution is 2.34. The fourth-order valence-electron chi connectivity index (χ4n) is 3.43. The van der Waals surface area contributed by atoms with Crippen molar-refractivity contribution in [1.29, 1.82) is 0 Å². The minimum atomic E-state index is -4.91. The second-order valence-electron chi connectivity index (χ2n) is 9.97. The fraction of sp³-hybridized carbons (Fsp3) is 0.385. The van der Waals surface area contributed by atoms with Gasteiger partial charge in [0.05, 0.1) is 21.7 Å². The predicted octanol–water partition coefficient (Wildman–Crippen LogP) is 5.01. The first-order chi connectivity index (χ1) is 19.4. The number of rotatable bonds is 8. The van der Waals surface area contributed by atoms with E-state index in [1.54, 1.807) is 27.7 Å². The van der Waals surface area contributed by atoms with E-state index in [2.05, 4.69) is 10.4 Å². The molecular formula is C26H26ClF5N4O6. The van der Waals surface area contributed by atoms with Crippen molar-refractivity contribution in [2.24, 2.45) is 5.41 Å². The third kappa shape index (κ3) is 6.90. The molecule has 1 heterocycles. The number of alkyl halides is 3. The molecule has 1 atom stereocenters. The molecule has 2 N–H and O–H groups in total. The lowest BCUT2D eigenvalue weighted by Crippen LogP contribution is -2.32. The van der Waals surface area contributed by atoms with Crippen LogP contribution in [-0.4, -0.2) is 43.6 Å². The summed E-state index contributed by atoms with van der Waals surface area (Å²) in [5, 5.41) is 14.9. The summed E-state index contributed by atoms with van der Waals surface area (Å²) in [6.45, 7) is 6.18. The number of hydrogen-bond donors (Lipinski definition) is 2. The number of aliphatic hydroxyl groups is 1. The lowest BCUT2D eigenvalue weighted by atomic mass is 9.97. The fourth-order valence-corrected chi connectivity index (χ4v) is 3.68. The maximum atomic E-state index is 15.3. The monoisotopic (exact) mass is 620 g/mol. The minimum absolute atomic E-state index is 0.0336. The van der Waals surface area contributed by atoms with Crippen molar-refractivity contribution in [1.82, 2.24) is 14.3 Å². The van der Waals surface area contributed by atoms with Crippen LogP contribution >= 0.6 is 11.6 Å². The lowest BCUT2D eigenvalue weighted by molar-refractivity contribution is -0.189. The summed E-state index contributed by atoms with van der Waals surface area (Å²) in [5.41, 5.74) is -4.00. The van der Waals surface area contributed by atoms with Gasteiger partial charge in [-0.25, -0.2) is 13.6 Å². The number of halogens is 6. The van der Waals surface area contributed by atoms with Crippen LogP contribution in [0, 0.1) is 17.0 Å². The van der Waals surface area contributed by atoms with E-state index < -0.39 is 81.2 Å². The van der Waals surface area contributed by atoms with Crippen LogP contribution in [0.25, 0.3) is 5.69 Å². The van der Waals surface area contributed by atoms with Crippen LogP contribution in [0.3, 0.4) is 0 Å². The number of nitrogens with one attached hydrogen (secondary N) is 1. The second kappa shape index (κ2) is 12.1. The molecule has 0 spiro atoms. The molecule has 0 aliphatic heterocycles. The summed E-state index contributed by atoms with van der Waals surface area (Å²) in [7, 11) is 0. The Kier molecular flexibility index (Phi) is 9.37. The molecule has 0 saturated carbocycles. The van der Waals surface area contributed by atoms with Gasteiger partial charge in [0.2, 0.25) is 0 Å². The molecule has 0 bridgehead atoms. The molecule has 3 rings (SSSR count). The van der Waals surface area contributed by atoms with E-state index in [9.17, 15) is 37.1 Å². The lowest BCUT2D eigenvalue weighted by Gasteiger charge is -2.21. The van der Waals surface area contributed by atoms with Gasteiger partial charge in [-0.2, -0.15) is 17.9 Å². The van der Waals surface area contributed by atoms with Gasteiger partial charge in [0.15, 0.2) is 17.7 Å². The van der Waals surface area contributed by atoms with Crippen LogP contribution < -0.4 is 20.5 Å². The molecule has 1 aromatic heterocycles. The van der Waals surface area contributed by atoms with Crippen molar-refractivity contribution < 1.29 is 46.1 Å². The number of hydrogen-bond acceptors (Lipinski definition) is 7. The molecule has 0 saturated heterocycles. The number of carbonyl (C=O) groups excluding carboxylic acids is 2. The van der Waals surface area contributed by atoms with Gasteiger partial charge in [0.25, 0.3) is 5.91 Å². The molecule has 1 amide bonds. The van der Waals surface area contributed by atoms with Gasteiger partial charge in [0, 0.05) is 24.7 Å². The van der Waals surface area contributed by atoms with E-state index in [1.165, 1.54) is 0 Å². The topological polar surface area (TPSA) is 125 Å². The van der Waals surface area contributed by atoms with Crippen molar-refractivity contribution >= 4 is 29.2 Å². The number of carbonyl (C=O) groups is 2. The third-order valence-corrected chi connectivity index (χ3v) is 6.06. The summed E-state index contributed by atoms with van der Waals surface area (Å²) >= 11 is 6.08. The largest absolute Gasteiger partial charge is 0.480 e. The Morgan fingerprint density at radius 1 is 1.12 bits per heavy atom. The molecular weight excluding hydrogens is 595 g/mol. The maximum Gasteiger partial charge on any atom is 0.425 e. The Morgan fingerprint density at radius 3 is 2.26 bits per heavy atom. The number of benzene rings is 2. The van der Waals surface area contributed by atoms with Crippen molar-refractivity contribution in [3.05, 3.63) is 62.8 Å². The van der Waals surface area contributed by atoms with Crippen molar-refractivity contribution in [2.45, 2.75) is 60.1 Å². The summed E-state index contributed by atoms with van der Waals surface area (Å²) in [6.07, 6.45) is -7.42. The third-order valence-electron chi connectivity index (χ3n) is 5.76. The van der Waals surface area contributed by atoms with Gasteiger partial charge >= 0.3 is 17.8 Å². The van der Waals surface area contributed by atoms with E-state index in [1.807, 2.05) is 0 Å². The van der Waals surface area contributed by atoms with Crippen LogP contribution in [0.15, 0.2) is 29.1 Å². The Morgan fingerprint density at radius 2 is 1.76 bits per heavy atom. The van der Waals surface area contributed by atoms with Gasteiger partial charge in [-0.3, -0.25) is 14.2 Å². The Balaban J connectivity index is 2.08. The number of ether oxygens (including phenoxy) is 2. The average Bonchev–Trinajstić information content (AvgIpc) is 3.20. The molecule has 0 unspecified atom stereocenters. The standard InChI is InChI=1S/C26H26ClF5N4O6/c1-6-35-20(11-37)34-36(24(35)40)18-10-19(41-12(2)26(30,31)32)14(9-16(18)28)22(38)33-21-15(27)7-13(8-17(21)29)42-23(39)25(3,4)5/h7-10,12,37H,6,11H2,1-5H3,(H,33,38)/t12-/m0/s1. The summed E-state index contributed by atoms with van der Waals surface area (Å²) in [4.78, 5) is 37.9. The minimum Gasteiger partial charge on any atom is -0.480 e. The smallest absolute Gasteiger partial charge is 0.425 e. The number of amides is 1. The van der Waals surface area contributed by atoms with Crippen LogP contribution in [0.2, 0.25) is 5.02 Å². The SMILES string of the molecule is CCn1c(CO)nn(-c2cc(O[C@@H](C)C(F)(F)F)c(C(=O)Nc3c(F)cc(OC(=O)C(C)(C)C)cc3Cl)cc2F)c1=O. The van der Waals surface area contributed by atoms with Crippen LogP contribution in [0.5, 0.6) is 11.5 Å². The molecule has 16 heteroatoms. The van der Waals surface area contributed by atoms with E-state index >= 15 is 4.39 Å². The summed E-state index contributed by atoms with van der Waals surface area (Å²) < 4.78 is 81.7. The van der Waals surface area contributed by atoms with Gasteiger partial charge < -0.3 is 19.9 Å². The molecule has 3 aromatic rings. The number of aliphatic hydroxyl groups excluding tert-OH is 1. The van der Waals surface area contributed by atoms with Gasteiger partial charge in [-0.1, -0.05) is 11.6 Å². The molecule has 0 radical (unpaired) electrons. The first kappa shape index (κ1) is 32.5. The summed E-state index contributed by atoms with van der Waals surface area (Å²) in [6, 6.07) is 2.89. The quantitative estimate of drug-likeness (QED) is 0.206. The van der Waals surface area contributed by atoms with Crippen molar-refractivity contribution in [2.75, 3.05) is 5.32 Å². The van der Waals surface area contributed by atoms with E-state index in [4.69, 9.17) is 21.1 Å². The first-order valence-corrected chi connectivity index (χ1v) is 12.7. The number of aromatic nitrogens is 3. The zero-order chi connectivity index (χ0) is 31.7. The molecule has 10 nitrogen and oxygen atoms in total. The number of anilines is 1. The molecule has 228 valence electrons. The van der Waals surface area contributed by atoms with E-state index in [-0.39, 0.29) is 18.1 Å². The molecule has 2 aromatic carbocycles.